The zero-order valence-corrected chi connectivity index (χ0v) is 10.5. The van der Waals surface area contributed by atoms with Gasteiger partial charge in [0.05, 0.1) is 11.8 Å². The van der Waals surface area contributed by atoms with Gasteiger partial charge in [-0.1, -0.05) is 5.16 Å². The minimum Gasteiger partial charge on any atom is -0.367 e. The summed E-state index contributed by atoms with van der Waals surface area (Å²) in [7, 11) is 0. The van der Waals surface area contributed by atoms with Crippen LogP contribution in [-0.2, 0) is 10.3 Å². The number of H-pyrrole nitrogens is 1. The molecule has 98 valence electrons. The van der Waals surface area contributed by atoms with E-state index in [2.05, 4.69) is 20.3 Å². The van der Waals surface area contributed by atoms with Crippen molar-refractivity contribution in [2.45, 2.75) is 31.8 Å². The van der Waals surface area contributed by atoms with Crippen LogP contribution >= 0.6 is 0 Å². The molecule has 7 heteroatoms. The third kappa shape index (κ3) is 2.00. The van der Waals surface area contributed by atoms with Gasteiger partial charge < -0.3 is 9.26 Å². The number of aromatic nitrogens is 4. The van der Waals surface area contributed by atoms with E-state index < -0.39 is 5.60 Å². The summed E-state index contributed by atoms with van der Waals surface area (Å²) in [6.07, 6.45) is 4.50. The molecule has 2 aromatic heterocycles. The van der Waals surface area contributed by atoms with E-state index in [1.165, 1.54) is 6.20 Å². The van der Waals surface area contributed by atoms with E-state index in [4.69, 9.17) is 14.5 Å². The lowest BCUT2D eigenvalue weighted by molar-refractivity contribution is -0.0770. The summed E-state index contributed by atoms with van der Waals surface area (Å²) in [6.45, 7) is 2.66. The van der Waals surface area contributed by atoms with Gasteiger partial charge >= 0.3 is 0 Å². The second kappa shape index (κ2) is 4.48. The molecule has 3 heterocycles. The molecule has 0 aliphatic carbocycles. The molecule has 0 radical (unpaired) electrons. The van der Waals surface area contributed by atoms with Crippen LogP contribution in [0.15, 0.2) is 10.7 Å². The van der Waals surface area contributed by atoms with E-state index in [9.17, 15) is 0 Å². The summed E-state index contributed by atoms with van der Waals surface area (Å²) in [5.41, 5.74) is 0.321. The Balaban J connectivity index is 1.94. The van der Waals surface area contributed by atoms with Crippen molar-refractivity contribution in [3.8, 4) is 17.5 Å². The lowest BCUT2D eigenvalue weighted by Gasteiger charge is -2.30. The number of nitrogens with one attached hydrogen (secondary N) is 1. The maximum Gasteiger partial charge on any atom is 0.262 e. The van der Waals surface area contributed by atoms with Crippen molar-refractivity contribution in [2.24, 2.45) is 0 Å². The molecule has 1 N–H and O–H groups in total. The first-order chi connectivity index (χ1) is 9.23. The van der Waals surface area contributed by atoms with E-state index in [-0.39, 0.29) is 5.89 Å². The third-order valence-electron chi connectivity index (χ3n) is 3.35. The summed E-state index contributed by atoms with van der Waals surface area (Å²) in [6, 6.07) is 2.00. The van der Waals surface area contributed by atoms with Crippen LogP contribution in [0.5, 0.6) is 0 Å². The van der Waals surface area contributed by atoms with Crippen molar-refractivity contribution < 1.29 is 9.26 Å². The van der Waals surface area contributed by atoms with E-state index in [0.29, 0.717) is 23.7 Å². The van der Waals surface area contributed by atoms with Gasteiger partial charge in [-0.15, -0.1) is 0 Å². The van der Waals surface area contributed by atoms with E-state index in [0.717, 1.165) is 19.3 Å². The van der Waals surface area contributed by atoms with Gasteiger partial charge in [0.25, 0.3) is 5.89 Å². The first kappa shape index (κ1) is 11.9. The molecule has 0 spiro atoms. The third-order valence-corrected chi connectivity index (χ3v) is 3.35. The summed E-state index contributed by atoms with van der Waals surface area (Å²) >= 11 is 0. The molecule has 1 fully saturated rings. The van der Waals surface area contributed by atoms with E-state index in [1.807, 2.05) is 13.0 Å². The van der Waals surface area contributed by atoms with Crippen molar-refractivity contribution in [3.63, 3.8) is 0 Å². The topological polar surface area (TPSA) is 101 Å². The maximum absolute atomic E-state index is 8.94. The van der Waals surface area contributed by atoms with Crippen LogP contribution in [0.3, 0.4) is 0 Å². The fourth-order valence-corrected chi connectivity index (χ4v) is 2.19. The predicted molar refractivity (Wildman–Crippen MR) is 63.7 cm³/mol. The summed E-state index contributed by atoms with van der Waals surface area (Å²) in [5.74, 6) is 0.808. The molecule has 3 rings (SSSR count). The number of aromatic amines is 1. The quantitative estimate of drug-likeness (QED) is 0.881. The molecule has 0 amide bonds. The standard InChI is InChI=1S/C12H13N5O2/c1-12(4-2-3-5-18-12)11-15-10(19-17-11)8-7-14-16-9(8)6-13/h7H,2-5H2,1H3,(H,14,16). The Labute approximate surface area is 109 Å². The molecule has 1 atom stereocenters. The van der Waals surface area contributed by atoms with Crippen molar-refractivity contribution in [3.05, 3.63) is 17.7 Å². The minimum atomic E-state index is -0.503. The second-order valence-electron chi connectivity index (χ2n) is 4.73. The highest BCUT2D eigenvalue weighted by Gasteiger charge is 2.35. The fraction of sp³-hybridized carbons (Fsp3) is 0.500. The zero-order chi connectivity index (χ0) is 13.3. The van der Waals surface area contributed by atoms with Crippen molar-refractivity contribution in [1.82, 2.24) is 20.3 Å². The fourth-order valence-electron chi connectivity index (χ4n) is 2.19. The molecule has 1 unspecified atom stereocenters. The first-order valence-corrected chi connectivity index (χ1v) is 6.15. The van der Waals surface area contributed by atoms with E-state index in [1.54, 1.807) is 0 Å². The Hall–Kier alpha value is -2.20. The normalized spacial score (nSPS) is 23.2. The summed E-state index contributed by atoms with van der Waals surface area (Å²) < 4.78 is 11.0. The van der Waals surface area contributed by atoms with Gasteiger partial charge in [-0.05, 0) is 26.2 Å². The van der Waals surface area contributed by atoms with Gasteiger partial charge in [0.15, 0.2) is 0 Å². The van der Waals surface area contributed by atoms with E-state index >= 15 is 0 Å². The monoisotopic (exact) mass is 259 g/mol. The Morgan fingerprint density at radius 1 is 1.47 bits per heavy atom. The first-order valence-electron chi connectivity index (χ1n) is 6.15. The summed E-state index contributed by atoms with van der Waals surface area (Å²) in [5, 5.41) is 19.3. The van der Waals surface area contributed by atoms with Gasteiger partial charge in [-0.3, -0.25) is 5.10 Å². The molecule has 0 bridgehead atoms. The zero-order valence-electron chi connectivity index (χ0n) is 10.5. The van der Waals surface area contributed by atoms with Gasteiger partial charge in [-0.25, -0.2) is 0 Å². The molecule has 0 saturated carbocycles. The molecule has 0 aromatic carbocycles. The van der Waals surface area contributed by atoms with Crippen LogP contribution in [0.25, 0.3) is 11.5 Å². The number of ether oxygens (including phenoxy) is 1. The highest BCUT2D eigenvalue weighted by atomic mass is 16.5. The lowest BCUT2D eigenvalue weighted by atomic mass is 9.95. The van der Waals surface area contributed by atoms with Crippen LogP contribution in [-0.4, -0.2) is 26.9 Å². The average molecular weight is 259 g/mol. The highest BCUT2D eigenvalue weighted by molar-refractivity contribution is 5.59. The molecule has 2 aromatic rings. The molecular formula is C12H13N5O2. The molecular weight excluding hydrogens is 246 g/mol. The Morgan fingerprint density at radius 2 is 2.37 bits per heavy atom. The second-order valence-corrected chi connectivity index (χ2v) is 4.73. The number of rotatable bonds is 2. The average Bonchev–Trinajstić information content (AvgIpc) is 3.08. The molecule has 1 aliphatic heterocycles. The molecule has 1 saturated heterocycles. The van der Waals surface area contributed by atoms with Crippen molar-refractivity contribution in [2.75, 3.05) is 6.61 Å². The van der Waals surface area contributed by atoms with Gasteiger partial charge in [-0.2, -0.15) is 15.3 Å². The molecule has 19 heavy (non-hydrogen) atoms. The highest BCUT2D eigenvalue weighted by Crippen LogP contribution is 2.34. The number of nitriles is 1. The van der Waals surface area contributed by atoms with Crippen LogP contribution in [0.2, 0.25) is 0 Å². The maximum atomic E-state index is 8.94. The molecule has 1 aliphatic rings. The smallest absolute Gasteiger partial charge is 0.262 e. The Kier molecular flexibility index (Phi) is 2.80. The van der Waals surface area contributed by atoms with Gasteiger partial charge in [0.2, 0.25) is 5.82 Å². The number of nitrogens with zero attached hydrogens (tertiary/aromatic N) is 4. The van der Waals surface area contributed by atoms with Crippen molar-refractivity contribution >= 4 is 0 Å². The van der Waals surface area contributed by atoms with Crippen molar-refractivity contribution in [1.29, 1.82) is 5.26 Å². The largest absolute Gasteiger partial charge is 0.367 e. The van der Waals surface area contributed by atoms with Crippen LogP contribution in [0.4, 0.5) is 0 Å². The van der Waals surface area contributed by atoms with Crippen LogP contribution in [0.1, 0.15) is 37.7 Å². The van der Waals surface area contributed by atoms with Gasteiger partial charge in [0, 0.05) is 6.61 Å². The SMILES string of the molecule is CC1(c2noc(-c3cn[nH]c3C#N)n2)CCCCO1. The number of hydrogen-bond donors (Lipinski definition) is 1. The summed E-state index contributed by atoms with van der Waals surface area (Å²) in [4.78, 5) is 4.34. The van der Waals surface area contributed by atoms with Crippen LogP contribution in [0, 0.1) is 11.3 Å². The minimum absolute atomic E-state index is 0.288. The lowest BCUT2D eigenvalue weighted by Crippen LogP contribution is -2.31. The predicted octanol–water partition coefficient (Wildman–Crippen LogP) is 1.75. The Bertz CT molecular complexity index is 618. The van der Waals surface area contributed by atoms with Crippen LogP contribution < -0.4 is 0 Å². The number of hydrogen-bond acceptors (Lipinski definition) is 6. The van der Waals surface area contributed by atoms with Gasteiger partial charge in [0.1, 0.15) is 17.4 Å². The Morgan fingerprint density at radius 3 is 3.11 bits per heavy atom. The molecule has 7 nitrogen and oxygen atoms in total.